The number of carbonyl (C=O) groups is 1. The monoisotopic (exact) mass is 335 g/mol. The highest BCUT2D eigenvalue weighted by Crippen LogP contribution is 2.36. The van der Waals surface area contributed by atoms with Gasteiger partial charge in [0.15, 0.2) is 0 Å². The molecule has 2 rings (SSSR count). The van der Waals surface area contributed by atoms with Gasteiger partial charge < -0.3 is 14.0 Å². The van der Waals surface area contributed by atoms with Crippen LogP contribution in [0.15, 0.2) is 12.4 Å². The second kappa shape index (κ2) is 6.33. The summed E-state index contributed by atoms with van der Waals surface area (Å²) in [5.41, 5.74) is -0.252. The molecule has 1 N–H and O–H groups in total. The van der Waals surface area contributed by atoms with E-state index in [2.05, 4.69) is 15.3 Å². The van der Waals surface area contributed by atoms with E-state index >= 15 is 0 Å². The van der Waals surface area contributed by atoms with Crippen LogP contribution < -0.4 is 10.8 Å². The second-order valence-electron chi connectivity index (χ2n) is 8.19. The topological polar surface area (TPSA) is 82.6 Å². The molecule has 0 spiro atoms. The second-order valence-corrected chi connectivity index (χ2v) is 8.19. The number of carbonyl (C=O) groups excluding carboxylic acids is 1. The van der Waals surface area contributed by atoms with Crippen molar-refractivity contribution >= 4 is 24.6 Å². The van der Waals surface area contributed by atoms with Gasteiger partial charge in [-0.1, -0.05) is 20.8 Å². The molecule has 1 saturated heterocycles. The van der Waals surface area contributed by atoms with Gasteiger partial charge in [-0.2, -0.15) is 0 Å². The number of hydrogen-bond donors (Lipinski definition) is 1. The van der Waals surface area contributed by atoms with E-state index in [4.69, 9.17) is 14.0 Å². The van der Waals surface area contributed by atoms with Gasteiger partial charge in [-0.3, -0.25) is 5.32 Å². The van der Waals surface area contributed by atoms with Gasteiger partial charge >= 0.3 is 13.2 Å². The Bertz CT molecular complexity index is 580. The molecule has 0 bridgehead atoms. The van der Waals surface area contributed by atoms with E-state index in [1.54, 1.807) is 12.4 Å². The van der Waals surface area contributed by atoms with Crippen LogP contribution in [0.4, 0.5) is 10.7 Å². The van der Waals surface area contributed by atoms with Crippen molar-refractivity contribution in [2.24, 2.45) is 5.41 Å². The molecule has 24 heavy (non-hydrogen) atoms. The van der Waals surface area contributed by atoms with Gasteiger partial charge in [0.1, 0.15) is 0 Å². The zero-order valence-corrected chi connectivity index (χ0v) is 15.5. The van der Waals surface area contributed by atoms with Crippen LogP contribution in [0.5, 0.6) is 0 Å². The Balaban J connectivity index is 1.96. The van der Waals surface area contributed by atoms with E-state index in [9.17, 15) is 4.79 Å². The first-order valence-electron chi connectivity index (χ1n) is 8.01. The lowest BCUT2D eigenvalue weighted by Crippen LogP contribution is -2.41. The summed E-state index contributed by atoms with van der Waals surface area (Å²) >= 11 is 0. The first kappa shape index (κ1) is 18.7. The summed E-state index contributed by atoms with van der Waals surface area (Å²) in [7, 11) is -0.531. The molecule has 1 fully saturated rings. The van der Waals surface area contributed by atoms with Crippen LogP contribution in [-0.2, 0) is 14.0 Å². The molecule has 0 unspecified atom stereocenters. The van der Waals surface area contributed by atoms with Crippen molar-refractivity contribution in [3.8, 4) is 0 Å². The average molecular weight is 335 g/mol. The van der Waals surface area contributed by atoms with Gasteiger partial charge in [-0.05, 0) is 33.1 Å². The summed E-state index contributed by atoms with van der Waals surface area (Å²) in [4.78, 5) is 19.9. The van der Waals surface area contributed by atoms with Crippen molar-refractivity contribution in [1.82, 2.24) is 9.97 Å². The fourth-order valence-electron chi connectivity index (χ4n) is 1.91. The predicted octanol–water partition coefficient (Wildman–Crippen LogP) is 2.37. The zero-order valence-electron chi connectivity index (χ0n) is 15.5. The third-order valence-corrected chi connectivity index (χ3v) is 4.05. The van der Waals surface area contributed by atoms with Crippen LogP contribution in [0.25, 0.3) is 0 Å². The van der Waals surface area contributed by atoms with Crippen molar-refractivity contribution in [2.45, 2.75) is 59.7 Å². The Hall–Kier alpha value is -1.67. The summed E-state index contributed by atoms with van der Waals surface area (Å²) in [6.45, 7) is 14.2. The number of nitrogens with zero attached hydrogens (tertiary/aromatic N) is 2. The lowest BCUT2D eigenvalue weighted by Gasteiger charge is -2.32. The first-order valence-corrected chi connectivity index (χ1v) is 8.01. The normalized spacial score (nSPS) is 19.2. The molecule has 0 saturated carbocycles. The molecule has 2 heterocycles. The number of rotatable bonds is 3. The molecule has 0 aromatic carbocycles. The molecule has 8 heteroatoms. The molecule has 0 aliphatic carbocycles. The van der Waals surface area contributed by atoms with Gasteiger partial charge in [-0.25, -0.2) is 14.8 Å². The van der Waals surface area contributed by atoms with Crippen molar-refractivity contribution < 1.29 is 18.8 Å². The van der Waals surface area contributed by atoms with Gasteiger partial charge in [0.25, 0.3) is 0 Å². The van der Waals surface area contributed by atoms with E-state index in [0.717, 1.165) is 0 Å². The fourth-order valence-corrected chi connectivity index (χ4v) is 1.91. The third kappa shape index (κ3) is 4.45. The summed E-state index contributed by atoms with van der Waals surface area (Å²) in [6.07, 6.45) is 2.58. The van der Waals surface area contributed by atoms with E-state index in [1.807, 2.05) is 48.5 Å². The minimum Gasteiger partial charge on any atom is -0.449 e. The highest BCUT2D eigenvalue weighted by molar-refractivity contribution is 6.61. The number of ether oxygens (including phenoxy) is 1. The average Bonchev–Trinajstić information content (AvgIpc) is 2.65. The molecule has 0 atom stereocenters. The third-order valence-electron chi connectivity index (χ3n) is 4.05. The SMILES string of the molecule is CC(C)(C)COC(=O)Nc1ncc(B2OC(C)(C)C(C)(C)O2)cn1. The molecular formula is C16H26BN3O4. The molecule has 0 radical (unpaired) electrons. The van der Waals surface area contributed by atoms with Crippen molar-refractivity contribution in [1.29, 1.82) is 0 Å². The van der Waals surface area contributed by atoms with Gasteiger partial charge in [0.2, 0.25) is 5.95 Å². The lowest BCUT2D eigenvalue weighted by atomic mass is 9.81. The molecule has 7 nitrogen and oxygen atoms in total. The number of aromatic nitrogens is 2. The lowest BCUT2D eigenvalue weighted by molar-refractivity contribution is 0.00578. The van der Waals surface area contributed by atoms with E-state index in [-0.39, 0.29) is 11.4 Å². The Kier molecular flexibility index (Phi) is 4.92. The Morgan fingerprint density at radius 3 is 2.12 bits per heavy atom. The smallest absolute Gasteiger partial charge is 0.449 e. The number of hydrogen-bond acceptors (Lipinski definition) is 6. The molecular weight excluding hydrogens is 309 g/mol. The van der Waals surface area contributed by atoms with Crippen molar-refractivity contribution in [3.05, 3.63) is 12.4 Å². The molecule has 1 aliphatic rings. The Morgan fingerprint density at radius 1 is 1.17 bits per heavy atom. The first-order chi connectivity index (χ1) is 10.9. The Labute approximate surface area is 143 Å². The highest BCUT2D eigenvalue weighted by atomic mass is 16.7. The van der Waals surface area contributed by atoms with Crippen molar-refractivity contribution in [3.63, 3.8) is 0 Å². The summed E-state index contributed by atoms with van der Waals surface area (Å²) in [5.74, 6) is 0.175. The standard InChI is InChI=1S/C16H26BN3O4/c1-14(2,3)10-22-13(21)20-12-18-8-11(9-19-12)17-23-15(4,5)16(6,7)24-17/h8-9H,10H2,1-7H3,(H,18,19,20,21). The van der Waals surface area contributed by atoms with Gasteiger partial charge in [0.05, 0.1) is 17.8 Å². The maximum Gasteiger partial charge on any atom is 0.498 e. The molecule has 1 aromatic rings. The minimum atomic E-state index is -0.576. The highest BCUT2D eigenvalue weighted by Gasteiger charge is 2.51. The Morgan fingerprint density at radius 2 is 1.67 bits per heavy atom. The zero-order chi connectivity index (χ0) is 18.2. The van der Waals surface area contributed by atoms with Crippen LogP contribution in [0, 0.1) is 5.41 Å². The number of nitrogens with one attached hydrogen (secondary N) is 1. The van der Waals surface area contributed by atoms with E-state index < -0.39 is 24.4 Å². The minimum absolute atomic E-state index is 0.0984. The fraction of sp³-hybridized carbons (Fsp3) is 0.688. The van der Waals surface area contributed by atoms with Gasteiger partial charge in [-0.15, -0.1) is 0 Å². The summed E-state index contributed by atoms with van der Waals surface area (Å²) in [6, 6.07) is 0. The van der Waals surface area contributed by atoms with E-state index in [0.29, 0.717) is 12.1 Å². The van der Waals surface area contributed by atoms with Crippen LogP contribution in [0.1, 0.15) is 48.5 Å². The van der Waals surface area contributed by atoms with Crippen LogP contribution >= 0.6 is 0 Å². The molecule has 1 amide bonds. The maximum absolute atomic E-state index is 11.7. The molecule has 1 aliphatic heterocycles. The maximum atomic E-state index is 11.7. The van der Waals surface area contributed by atoms with Crippen LogP contribution in [0.3, 0.4) is 0 Å². The summed E-state index contributed by atoms with van der Waals surface area (Å²) < 4.78 is 17.0. The largest absolute Gasteiger partial charge is 0.498 e. The number of anilines is 1. The van der Waals surface area contributed by atoms with Crippen LogP contribution in [-0.4, -0.2) is 41.0 Å². The van der Waals surface area contributed by atoms with E-state index in [1.165, 1.54) is 0 Å². The quantitative estimate of drug-likeness (QED) is 0.854. The molecule has 1 aromatic heterocycles. The number of amides is 1. The van der Waals surface area contributed by atoms with Crippen LogP contribution in [0.2, 0.25) is 0 Å². The molecule has 132 valence electrons. The van der Waals surface area contributed by atoms with Gasteiger partial charge in [0, 0.05) is 17.9 Å². The van der Waals surface area contributed by atoms with Crippen molar-refractivity contribution in [2.75, 3.05) is 11.9 Å². The predicted molar refractivity (Wildman–Crippen MR) is 92.2 cm³/mol. The summed E-state index contributed by atoms with van der Waals surface area (Å²) in [5, 5.41) is 2.50.